The van der Waals surface area contributed by atoms with Gasteiger partial charge in [0.05, 0.1) is 23.2 Å². The lowest BCUT2D eigenvalue weighted by Gasteiger charge is -2.27. The molecule has 3 heterocycles. The molecule has 1 saturated heterocycles. The normalized spacial score (nSPS) is 15.1. The van der Waals surface area contributed by atoms with E-state index in [1.807, 2.05) is 61.5 Å². The summed E-state index contributed by atoms with van der Waals surface area (Å²) in [6.45, 7) is 3.63. The summed E-state index contributed by atoms with van der Waals surface area (Å²) in [6.07, 6.45) is 5.43. The topological polar surface area (TPSA) is 119 Å². The summed E-state index contributed by atoms with van der Waals surface area (Å²) in [5, 5.41) is 16.2. The van der Waals surface area contributed by atoms with Crippen LogP contribution in [-0.2, 0) is 4.74 Å². The van der Waals surface area contributed by atoms with Crippen molar-refractivity contribution in [1.29, 1.82) is 0 Å². The Balaban J connectivity index is 0.00000370. The highest BCUT2D eigenvalue weighted by molar-refractivity contribution is 5.94. The first-order valence-electron chi connectivity index (χ1n) is 12.8. The molecule has 0 bridgehead atoms. The second-order valence-corrected chi connectivity index (χ2v) is 9.86. The lowest BCUT2D eigenvalue weighted by Crippen LogP contribution is -2.36. The monoisotopic (exact) mass is 545 g/mol. The fourth-order valence-corrected chi connectivity index (χ4v) is 5.15. The number of nitrogens with zero attached hydrogens (tertiary/aromatic N) is 6. The van der Waals surface area contributed by atoms with Crippen LogP contribution in [0.25, 0.3) is 16.7 Å². The smallest absolute Gasteiger partial charge is 0.343 e. The summed E-state index contributed by atoms with van der Waals surface area (Å²) in [5.74, 6) is -0.0345. The molecule has 1 fully saturated rings. The van der Waals surface area contributed by atoms with E-state index in [9.17, 15) is 14.9 Å². The van der Waals surface area contributed by atoms with Crippen molar-refractivity contribution in [3.05, 3.63) is 76.1 Å². The van der Waals surface area contributed by atoms with Gasteiger partial charge in [-0.1, -0.05) is 25.6 Å². The molecular weight excluding hydrogens is 510 g/mol. The first-order valence-corrected chi connectivity index (χ1v) is 12.8. The predicted molar refractivity (Wildman–Crippen MR) is 157 cm³/mol. The summed E-state index contributed by atoms with van der Waals surface area (Å²) in [7, 11) is 5.29. The molecule has 0 aliphatic carbocycles. The maximum Gasteiger partial charge on any atom is 0.343 e. The summed E-state index contributed by atoms with van der Waals surface area (Å²) < 4.78 is 6.75. The first-order chi connectivity index (χ1) is 18.8. The minimum absolute atomic E-state index is 0. The number of aromatic nitrogens is 3. The van der Waals surface area contributed by atoms with Gasteiger partial charge >= 0.3 is 5.97 Å². The van der Waals surface area contributed by atoms with E-state index in [1.165, 1.54) is 19.4 Å². The number of nitro benzene ring substituents is 1. The van der Waals surface area contributed by atoms with Crippen molar-refractivity contribution < 1.29 is 14.5 Å². The minimum Gasteiger partial charge on any atom is -0.465 e. The number of hydrogen-bond acceptors (Lipinski definition) is 9. The van der Waals surface area contributed by atoms with E-state index in [0.29, 0.717) is 29.8 Å². The minimum atomic E-state index is -0.568. The number of benzene rings is 2. The fourth-order valence-electron chi connectivity index (χ4n) is 5.15. The number of likely N-dealkylation sites (N-methyl/N-ethyl adjacent to an activating group) is 2. The molecule has 1 aliphatic rings. The van der Waals surface area contributed by atoms with Crippen LogP contribution in [0.4, 0.5) is 23.0 Å². The van der Waals surface area contributed by atoms with E-state index < -0.39 is 5.97 Å². The van der Waals surface area contributed by atoms with Gasteiger partial charge in [0.25, 0.3) is 5.69 Å². The van der Waals surface area contributed by atoms with Crippen LogP contribution < -0.4 is 10.2 Å². The SMILES string of the molecule is C.COC(=O)c1cnc(Nc2cc([N+](=O)[O-])c(N(C)C[C@H]3CCCN3C)cc2C)nc1-n1ccc2ccccc21. The number of para-hydroxylation sites is 1. The number of nitro groups is 1. The Kier molecular flexibility index (Phi) is 8.34. The van der Waals surface area contributed by atoms with Crippen LogP contribution >= 0.6 is 0 Å². The summed E-state index contributed by atoms with van der Waals surface area (Å²) >= 11 is 0. The van der Waals surface area contributed by atoms with E-state index in [0.717, 1.165) is 35.9 Å². The van der Waals surface area contributed by atoms with Gasteiger partial charge in [-0.3, -0.25) is 10.1 Å². The van der Waals surface area contributed by atoms with E-state index in [-0.39, 0.29) is 29.5 Å². The van der Waals surface area contributed by atoms with Crippen LogP contribution in [0.1, 0.15) is 36.2 Å². The van der Waals surface area contributed by atoms with Crippen LogP contribution in [0.2, 0.25) is 0 Å². The molecule has 1 aliphatic heterocycles. The second-order valence-electron chi connectivity index (χ2n) is 9.86. The second kappa shape index (κ2) is 11.7. The van der Waals surface area contributed by atoms with Gasteiger partial charge in [0.15, 0.2) is 5.82 Å². The lowest BCUT2D eigenvalue weighted by atomic mass is 10.1. The number of nitrogens with one attached hydrogen (secondary N) is 1. The average Bonchev–Trinajstić information content (AvgIpc) is 3.54. The maximum absolute atomic E-state index is 12.5. The van der Waals surface area contributed by atoms with Gasteiger partial charge < -0.3 is 24.4 Å². The Hall–Kier alpha value is -4.51. The number of carbonyl (C=O) groups is 1. The van der Waals surface area contributed by atoms with Gasteiger partial charge in [-0.2, -0.15) is 4.98 Å². The molecule has 40 heavy (non-hydrogen) atoms. The fraction of sp³-hybridized carbons (Fsp3) is 0.345. The van der Waals surface area contributed by atoms with Gasteiger partial charge in [0.1, 0.15) is 11.3 Å². The number of hydrogen-bond donors (Lipinski definition) is 1. The molecule has 11 heteroatoms. The summed E-state index contributed by atoms with van der Waals surface area (Å²) in [5.41, 5.74) is 2.92. The Morgan fingerprint density at radius 2 is 2.05 bits per heavy atom. The number of fused-ring (bicyclic) bond motifs is 1. The van der Waals surface area contributed by atoms with Gasteiger partial charge in [0.2, 0.25) is 5.95 Å². The molecule has 4 aromatic rings. The Bertz CT molecular complexity index is 1550. The Labute approximate surface area is 233 Å². The van der Waals surface area contributed by atoms with Gasteiger partial charge in [-0.15, -0.1) is 0 Å². The summed E-state index contributed by atoms with van der Waals surface area (Å²) in [6, 6.07) is 13.4. The third kappa shape index (κ3) is 5.46. The van der Waals surface area contributed by atoms with Gasteiger partial charge in [-0.25, -0.2) is 9.78 Å². The molecule has 1 N–H and O–H groups in total. The van der Waals surface area contributed by atoms with Crippen molar-refractivity contribution in [2.45, 2.75) is 33.2 Å². The lowest BCUT2D eigenvalue weighted by molar-refractivity contribution is -0.384. The zero-order valence-electron chi connectivity index (χ0n) is 22.4. The summed E-state index contributed by atoms with van der Waals surface area (Å²) in [4.78, 5) is 37.5. The number of esters is 1. The number of carbonyl (C=O) groups excluding carboxylic acids is 1. The van der Waals surface area contributed by atoms with E-state index in [2.05, 4.69) is 27.2 Å². The van der Waals surface area contributed by atoms with Crippen molar-refractivity contribution in [3.63, 3.8) is 0 Å². The van der Waals surface area contributed by atoms with E-state index in [4.69, 9.17) is 4.74 Å². The zero-order chi connectivity index (χ0) is 27.7. The van der Waals surface area contributed by atoms with E-state index in [1.54, 1.807) is 4.57 Å². The number of ether oxygens (including phenoxy) is 1. The highest BCUT2D eigenvalue weighted by Gasteiger charge is 2.26. The van der Waals surface area contributed by atoms with Crippen molar-refractivity contribution in [2.75, 3.05) is 44.5 Å². The molecule has 0 unspecified atom stereocenters. The molecule has 1 atom stereocenters. The number of methoxy groups -OCH3 is 1. The van der Waals surface area contributed by atoms with Crippen LogP contribution in [0.3, 0.4) is 0 Å². The number of likely N-dealkylation sites (tertiary alicyclic amines) is 1. The first kappa shape index (κ1) is 28.5. The predicted octanol–water partition coefficient (Wildman–Crippen LogP) is 5.33. The van der Waals surface area contributed by atoms with Gasteiger partial charge in [0, 0.05) is 38.1 Å². The third-order valence-corrected chi connectivity index (χ3v) is 7.33. The highest BCUT2D eigenvalue weighted by atomic mass is 16.6. The van der Waals surface area contributed by atoms with Crippen molar-refractivity contribution in [2.24, 2.45) is 0 Å². The van der Waals surface area contributed by atoms with Crippen LogP contribution in [0.5, 0.6) is 0 Å². The zero-order valence-corrected chi connectivity index (χ0v) is 22.4. The third-order valence-electron chi connectivity index (χ3n) is 7.33. The van der Waals surface area contributed by atoms with Crippen molar-refractivity contribution >= 4 is 39.9 Å². The molecule has 0 radical (unpaired) electrons. The molecule has 11 nitrogen and oxygen atoms in total. The molecule has 0 amide bonds. The quantitative estimate of drug-likeness (QED) is 0.178. The molecule has 2 aromatic carbocycles. The number of anilines is 3. The van der Waals surface area contributed by atoms with Gasteiger partial charge in [-0.05, 0) is 62.5 Å². The molecule has 0 spiro atoms. The number of aryl methyl sites for hydroxylation is 1. The largest absolute Gasteiger partial charge is 0.465 e. The average molecular weight is 546 g/mol. The van der Waals surface area contributed by atoms with Crippen LogP contribution in [-0.4, -0.2) is 70.7 Å². The highest BCUT2D eigenvalue weighted by Crippen LogP contribution is 2.35. The molecule has 5 rings (SSSR count). The Morgan fingerprint density at radius 1 is 1.27 bits per heavy atom. The van der Waals surface area contributed by atoms with Crippen LogP contribution in [0.15, 0.2) is 54.9 Å². The molecular formula is C29H35N7O4. The maximum atomic E-state index is 12.5. The molecule has 0 saturated carbocycles. The molecule has 2 aromatic heterocycles. The van der Waals surface area contributed by atoms with Crippen LogP contribution in [0, 0.1) is 17.0 Å². The van der Waals surface area contributed by atoms with Crippen molar-refractivity contribution in [3.8, 4) is 5.82 Å². The number of rotatable bonds is 8. The Morgan fingerprint density at radius 3 is 2.75 bits per heavy atom. The molecule has 210 valence electrons. The standard InChI is InChI=1S/C28H31N7O4.CH4/c1-18-14-24(33(3)17-20-9-7-12-32(20)2)25(35(37)38)15-22(18)30-28-29-16-21(27(36)39-4)26(31-28)34-13-11-19-8-5-6-10-23(19)34;/h5-6,8,10-11,13-16,20H,7,9,12,17H2,1-4H3,(H,29,30,31);1H4/t20-;/m1./s1. The van der Waals surface area contributed by atoms with E-state index >= 15 is 0 Å². The van der Waals surface area contributed by atoms with Crippen molar-refractivity contribution in [1.82, 2.24) is 19.4 Å².